The summed E-state index contributed by atoms with van der Waals surface area (Å²) in [5, 5.41) is 12.8. The summed E-state index contributed by atoms with van der Waals surface area (Å²) in [6.07, 6.45) is 6.77. The fourth-order valence-electron chi connectivity index (χ4n) is 5.83. The van der Waals surface area contributed by atoms with E-state index in [4.69, 9.17) is 14.2 Å². The molecule has 5 unspecified atom stereocenters. The van der Waals surface area contributed by atoms with E-state index in [9.17, 15) is 19.5 Å². The minimum Gasteiger partial charge on any atom is -0.497 e. The van der Waals surface area contributed by atoms with Gasteiger partial charge in [-0.05, 0) is 62.8 Å². The number of aliphatic carboxylic acids is 1. The van der Waals surface area contributed by atoms with Crippen molar-refractivity contribution < 1.29 is 33.7 Å². The first-order valence-corrected chi connectivity index (χ1v) is 13.9. The van der Waals surface area contributed by atoms with Gasteiger partial charge in [-0.2, -0.15) is 9.97 Å². The monoisotopic (exact) mass is 564 g/mol. The molecule has 5 rings (SSSR count). The van der Waals surface area contributed by atoms with E-state index >= 15 is 0 Å². The highest BCUT2D eigenvalue weighted by Crippen LogP contribution is 2.46. The molecule has 11 heteroatoms. The van der Waals surface area contributed by atoms with Crippen molar-refractivity contribution in [1.29, 1.82) is 0 Å². The van der Waals surface area contributed by atoms with Crippen molar-refractivity contribution in [2.45, 2.75) is 50.2 Å². The number of rotatable bonds is 6. The molecule has 5 atom stereocenters. The number of carbonyl (C=O) groups is 3. The molecule has 218 valence electrons. The third kappa shape index (κ3) is 5.98. The van der Waals surface area contributed by atoms with E-state index in [1.165, 1.54) is 7.11 Å². The Bertz CT molecular complexity index is 1330. The Labute approximate surface area is 238 Å². The number of hydrogen-bond acceptors (Lipinski definition) is 8. The first-order valence-electron chi connectivity index (χ1n) is 13.9. The summed E-state index contributed by atoms with van der Waals surface area (Å²) in [5.74, 6) is -2.30. The minimum atomic E-state index is -1.33. The quantitative estimate of drug-likeness (QED) is 0.507. The van der Waals surface area contributed by atoms with Gasteiger partial charge >= 0.3 is 12.0 Å². The van der Waals surface area contributed by atoms with E-state index in [-0.39, 0.29) is 30.1 Å². The largest absolute Gasteiger partial charge is 0.497 e. The Morgan fingerprint density at radius 2 is 1.83 bits per heavy atom. The summed E-state index contributed by atoms with van der Waals surface area (Å²) < 4.78 is 16.8. The third-order valence-corrected chi connectivity index (χ3v) is 8.31. The number of fused-ring (bicyclic) bond motifs is 2. The van der Waals surface area contributed by atoms with Crippen LogP contribution in [-0.4, -0.2) is 77.2 Å². The molecule has 2 amide bonds. The Hall–Kier alpha value is -4.15. The summed E-state index contributed by atoms with van der Waals surface area (Å²) in [4.78, 5) is 49.8. The standard InChI is InChI=1S/C30H36N4O7/c1-34-13-7-5-4-6-8-19-17-30(19,28(37)38)33-26(35)22-14-21(15-23(22)27(34)36)41-25-16-24(31-29(32-25)40-3)18-9-11-20(39-2)12-10-18/h6,8-12,16,19,21-23H,4-5,7,13-15,17H2,1-3H3,(H,33,35)(H,37,38). The van der Waals surface area contributed by atoms with Gasteiger partial charge in [0.25, 0.3) is 0 Å². The Morgan fingerprint density at radius 3 is 2.54 bits per heavy atom. The van der Waals surface area contributed by atoms with Crippen LogP contribution in [-0.2, 0) is 14.4 Å². The zero-order chi connectivity index (χ0) is 29.1. The van der Waals surface area contributed by atoms with E-state index in [0.29, 0.717) is 30.8 Å². The van der Waals surface area contributed by atoms with Crippen molar-refractivity contribution in [1.82, 2.24) is 20.2 Å². The number of nitrogens with zero attached hydrogens (tertiary/aromatic N) is 3. The highest BCUT2D eigenvalue weighted by atomic mass is 16.5. The van der Waals surface area contributed by atoms with Crippen LogP contribution in [0.25, 0.3) is 11.3 Å². The zero-order valence-corrected chi connectivity index (χ0v) is 23.5. The van der Waals surface area contributed by atoms with E-state index in [1.807, 2.05) is 36.4 Å². The molecule has 2 N–H and O–H groups in total. The first kappa shape index (κ1) is 28.4. The third-order valence-electron chi connectivity index (χ3n) is 8.31. The second-order valence-electron chi connectivity index (χ2n) is 11.0. The molecule has 0 saturated heterocycles. The fraction of sp³-hybridized carbons (Fsp3) is 0.500. The van der Waals surface area contributed by atoms with Gasteiger partial charge in [-0.25, -0.2) is 4.79 Å². The minimum absolute atomic E-state index is 0.120. The molecule has 2 aromatic rings. The van der Waals surface area contributed by atoms with E-state index in [1.54, 1.807) is 25.1 Å². The van der Waals surface area contributed by atoms with Crippen LogP contribution in [0.15, 0.2) is 42.5 Å². The summed E-state index contributed by atoms with van der Waals surface area (Å²) in [5.41, 5.74) is 0.0543. The van der Waals surface area contributed by atoms with Gasteiger partial charge in [-0.1, -0.05) is 12.2 Å². The van der Waals surface area contributed by atoms with Crippen LogP contribution in [0, 0.1) is 17.8 Å². The summed E-state index contributed by atoms with van der Waals surface area (Å²) >= 11 is 0. The van der Waals surface area contributed by atoms with Crippen molar-refractivity contribution in [2.75, 3.05) is 27.8 Å². The molecular formula is C30H36N4O7. The van der Waals surface area contributed by atoms with E-state index in [0.717, 1.165) is 24.8 Å². The number of carbonyl (C=O) groups excluding carboxylic acids is 2. The zero-order valence-electron chi connectivity index (χ0n) is 23.5. The van der Waals surface area contributed by atoms with Crippen LogP contribution >= 0.6 is 0 Å². The van der Waals surface area contributed by atoms with E-state index < -0.39 is 35.4 Å². The number of benzene rings is 1. The van der Waals surface area contributed by atoms with E-state index in [2.05, 4.69) is 15.3 Å². The Kier molecular flexibility index (Phi) is 8.14. The lowest BCUT2D eigenvalue weighted by Crippen LogP contribution is -2.49. The van der Waals surface area contributed by atoms with Crippen molar-refractivity contribution in [3.63, 3.8) is 0 Å². The molecule has 2 aliphatic carbocycles. The van der Waals surface area contributed by atoms with Gasteiger partial charge in [-0.15, -0.1) is 0 Å². The molecule has 1 aromatic carbocycles. The van der Waals surface area contributed by atoms with Gasteiger partial charge in [-0.3, -0.25) is 9.59 Å². The molecule has 1 aliphatic heterocycles. The Balaban J connectivity index is 1.39. The maximum absolute atomic E-state index is 13.6. The number of methoxy groups -OCH3 is 2. The lowest BCUT2D eigenvalue weighted by molar-refractivity contribution is -0.145. The molecule has 2 fully saturated rings. The topological polar surface area (TPSA) is 140 Å². The fourth-order valence-corrected chi connectivity index (χ4v) is 5.83. The molecule has 2 saturated carbocycles. The highest BCUT2D eigenvalue weighted by molar-refractivity contribution is 5.94. The van der Waals surface area contributed by atoms with Crippen molar-refractivity contribution in [3.8, 4) is 28.9 Å². The highest BCUT2D eigenvalue weighted by Gasteiger charge is 2.61. The average molecular weight is 565 g/mol. The van der Waals surface area contributed by atoms with Gasteiger partial charge in [0.1, 0.15) is 17.4 Å². The second kappa shape index (κ2) is 11.8. The summed E-state index contributed by atoms with van der Waals surface area (Å²) in [7, 11) is 4.81. The van der Waals surface area contributed by atoms with Crippen molar-refractivity contribution >= 4 is 17.8 Å². The van der Waals surface area contributed by atoms with Crippen LogP contribution < -0.4 is 19.5 Å². The van der Waals surface area contributed by atoms with Crippen LogP contribution in [0.2, 0.25) is 0 Å². The molecule has 0 spiro atoms. The second-order valence-corrected chi connectivity index (χ2v) is 11.0. The van der Waals surface area contributed by atoms with Gasteiger partial charge in [0, 0.05) is 31.1 Å². The number of allylic oxidation sites excluding steroid dienone is 1. The maximum atomic E-state index is 13.6. The Morgan fingerprint density at radius 1 is 1.07 bits per heavy atom. The lowest BCUT2D eigenvalue weighted by atomic mass is 9.93. The number of nitrogens with one attached hydrogen (secondary N) is 1. The van der Waals surface area contributed by atoms with Crippen LogP contribution in [0.3, 0.4) is 0 Å². The van der Waals surface area contributed by atoms with Gasteiger partial charge in [0.05, 0.1) is 31.7 Å². The summed E-state index contributed by atoms with van der Waals surface area (Å²) in [6.45, 7) is 0.583. The molecule has 0 radical (unpaired) electrons. The predicted molar refractivity (Wildman–Crippen MR) is 148 cm³/mol. The lowest BCUT2D eigenvalue weighted by Gasteiger charge is -2.26. The first-order chi connectivity index (χ1) is 19.7. The van der Waals surface area contributed by atoms with Crippen LogP contribution in [0.1, 0.15) is 38.5 Å². The molecular weight excluding hydrogens is 528 g/mol. The molecule has 3 aliphatic rings. The average Bonchev–Trinajstić information content (AvgIpc) is 3.51. The number of carboxylic acids is 1. The molecule has 11 nitrogen and oxygen atoms in total. The van der Waals surface area contributed by atoms with Crippen molar-refractivity contribution in [2.24, 2.45) is 17.8 Å². The molecule has 41 heavy (non-hydrogen) atoms. The maximum Gasteiger partial charge on any atom is 0.330 e. The molecule has 0 bridgehead atoms. The van der Waals surface area contributed by atoms with Crippen molar-refractivity contribution in [3.05, 3.63) is 42.5 Å². The van der Waals surface area contributed by atoms with Gasteiger partial charge in [0.15, 0.2) is 0 Å². The number of hydrogen-bond donors (Lipinski definition) is 2. The SMILES string of the molecule is COc1ccc(-c2cc(OC3CC4C(=O)NC5(C(=O)O)CC5C=CCCCCN(C)C(=O)C4C3)nc(OC)n2)cc1. The normalized spacial score (nSPS) is 28.1. The number of carboxylic acid groups (broad SMARTS) is 1. The van der Waals surface area contributed by atoms with Crippen LogP contribution in [0.5, 0.6) is 17.6 Å². The predicted octanol–water partition coefficient (Wildman–Crippen LogP) is 3.09. The number of amides is 2. The smallest absolute Gasteiger partial charge is 0.330 e. The molecule has 2 heterocycles. The van der Waals surface area contributed by atoms with Crippen LogP contribution in [0.4, 0.5) is 0 Å². The molecule has 1 aromatic heterocycles. The number of ether oxygens (including phenoxy) is 3. The summed E-state index contributed by atoms with van der Waals surface area (Å²) in [6, 6.07) is 9.18. The number of aromatic nitrogens is 2. The van der Waals surface area contributed by atoms with Gasteiger partial charge in [0.2, 0.25) is 17.7 Å². The van der Waals surface area contributed by atoms with Gasteiger partial charge < -0.3 is 29.5 Å².